The zero-order chi connectivity index (χ0) is 23.6. The predicted molar refractivity (Wildman–Crippen MR) is 120 cm³/mol. The summed E-state index contributed by atoms with van der Waals surface area (Å²) in [5.74, 6) is -1.23. The molecule has 0 spiro atoms. The van der Waals surface area contributed by atoms with Crippen LogP contribution in [0.2, 0.25) is 0 Å². The maximum atomic E-state index is 12.7. The Labute approximate surface area is 189 Å². The van der Waals surface area contributed by atoms with Gasteiger partial charge < -0.3 is 19.5 Å². The minimum absolute atomic E-state index is 0.0752. The number of ether oxygens (including phenoxy) is 3. The first kappa shape index (κ1) is 24.9. The lowest BCUT2D eigenvalue weighted by molar-refractivity contribution is -0.147. The summed E-state index contributed by atoms with van der Waals surface area (Å²) in [6.07, 6.45) is -0.386. The number of nitrogens with one attached hydrogen (secondary N) is 1. The van der Waals surface area contributed by atoms with Crippen LogP contribution in [0.15, 0.2) is 54.6 Å². The third kappa shape index (κ3) is 8.40. The van der Waals surface area contributed by atoms with E-state index in [-0.39, 0.29) is 13.0 Å². The molecule has 0 radical (unpaired) electrons. The van der Waals surface area contributed by atoms with Crippen LogP contribution in [0.3, 0.4) is 0 Å². The zero-order valence-electron chi connectivity index (χ0n) is 19.0. The van der Waals surface area contributed by atoms with E-state index in [1.807, 2.05) is 36.4 Å². The van der Waals surface area contributed by atoms with Crippen LogP contribution in [0.1, 0.15) is 37.5 Å². The van der Waals surface area contributed by atoms with Crippen molar-refractivity contribution in [2.45, 2.75) is 45.4 Å². The van der Waals surface area contributed by atoms with E-state index >= 15 is 0 Å². The van der Waals surface area contributed by atoms with Crippen LogP contribution < -0.4 is 5.32 Å². The summed E-state index contributed by atoms with van der Waals surface area (Å²) in [6, 6.07) is 18.0. The summed E-state index contributed by atoms with van der Waals surface area (Å²) in [5, 5.41) is 11.9. The van der Waals surface area contributed by atoms with Crippen LogP contribution in [-0.2, 0) is 32.0 Å². The molecule has 32 heavy (non-hydrogen) atoms. The van der Waals surface area contributed by atoms with Gasteiger partial charge in [0.2, 0.25) is 0 Å². The quantitative estimate of drug-likeness (QED) is 0.594. The summed E-state index contributed by atoms with van der Waals surface area (Å²) in [7, 11) is 1.30. The monoisotopic (exact) mass is 438 g/mol. The lowest BCUT2D eigenvalue weighted by Crippen LogP contribution is -2.49. The van der Waals surface area contributed by atoms with Gasteiger partial charge in [0, 0.05) is 0 Å². The van der Waals surface area contributed by atoms with E-state index in [9.17, 15) is 14.9 Å². The first-order valence-corrected chi connectivity index (χ1v) is 10.4. The van der Waals surface area contributed by atoms with Crippen molar-refractivity contribution in [3.05, 3.63) is 71.3 Å². The fourth-order valence-corrected chi connectivity index (χ4v) is 3.16. The summed E-state index contributed by atoms with van der Waals surface area (Å²) in [5.41, 5.74) is 1.54. The highest BCUT2D eigenvalue weighted by atomic mass is 16.6. The SMILES string of the molecule is COC(=O)C(Cc1cccc(C#N)c1)C(COCc1ccccc1)NC(=O)OC(C)(C)C. The molecule has 0 saturated carbocycles. The normalized spacial score (nSPS) is 12.8. The number of methoxy groups -OCH3 is 1. The van der Waals surface area contributed by atoms with Crippen molar-refractivity contribution in [2.24, 2.45) is 5.92 Å². The second-order valence-corrected chi connectivity index (χ2v) is 8.40. The first-order valence-electron chi connectivity index (χ1n) is 10.4. The van der Waals surface area contributed by atoms with E-state index in [4.69, 9.17) is 14.2 Å². The number of rotatable bonds is 9. The fourth-order valence-electron chi connectivity index (χ4n) is 3.16. The Morgan fingerprint density at radius 3 is 2.38 bits per heavy atom. The highest BCUT2D eigenvalue weighted by Gasteiger charge is 2.32. The molecule has 170 valence electrons. The fraction of sp³-hybridized carbons (Fsp3) is 0.400. The molecule has 1 amide bonds. The number of carbonyl (C=O) groups excluding carboxylic acids is 2. The van der Waals surface area contributed by atoms with Gasteiger partial charge in [-0.2, -0.15) is 5.26 Å². The molecule has 0 aliphatic heterocycles. The van der Waals surface area contributed by atoms with E-state index in [1.54, 1.807) is 39.0 Å². The first-order chi connectivity index (χ1) is 15.2. The molecule has 2 unspecified atom stereocenters. The molecule has 0 aliphatic rings. The minimum Gasteiger partial charge on any atom is -0.469 e. The van der Waals surface area contributed by atoms with Gasteiger partial charge in [-0.25, -0.2) is 4.79 Å². The summed E-state index contributed by atoms with van der Waals surface area (Å²) < 4.78 is 16.2. The lowest BCUT2D eigenvalue weighted by atomic mass is 9.91. The number of benzene rings is 2. The molecule has 0 heterocycles. The molecule has 0 bridgehead atoms. The topological polar surface area (TPSA) is 97.7 Å². The van der Waals surface area contributed by atoms with Gasteiger partial charge in [0.05, 0.1) is 43.9 Å². The van der Waals surface area contributed by atoms with Crippen LogP contribution in [-0.4, -0.2) is 37.4 Å². The van der Waals surface area contributed by atoms with E-state index in [2.05, 4.69) is 11.4 Å². The summed E-state index contributed by atoms with van der Waals surface area (Å²) >= 11 is 0. The van der Waals surface area contributed by atoms with Crippen LogP contribution in [0.4, 0.5) is 4.79 Å². The smallest absolute Gasteiger partial charge is 0.407 e. The third-order valence-corrected chi connectivity index (χ3v) is 4.61. The van der Waals surface area contributed by atoms with Crippen molar-refractivity contribution in [1.29, 1.82) is 5.26 Å². The molecule has 0 saturated heterocycles. The van der Waals surface area contributed by atoms with E-state index in [0.29, 0.717) is 12.2 Å². The Morgan fingerprint density at radius 2 is 1.75 bits per heavy atom. The highest BCUT2D eigenvalue weighted by Crippen LogP contribution is 2.18. The van der Waals surface area contributed by atoms with Gasteiger partial charge in [0.1, 0.15) is 5.60 Å². The second-order valence-electron chi connectivity index (χ2n) is 8.40. The molecule has 0 aromatic heterocycles. The number of carbonyl (C=O) groups is 2. The van der Waals surface area contributed by atoms with E-state index in [0.717, 1.165) is 11.1 Å². The standard InChI is InChI=1S/C25H30N2O5/c1-25(2,3)32-24(29)27-22(17-31-16-18-9-6-5-7-10-18)21(23(28)30-4)14-19-11-8-12-20(13-19)15-26/h5-13,21-22H,14,16-17H2,1-4H3,(H,27,29). The number of alkyl carbamates (subject to hydrolysis) is 1. The molecule has 7 nitrogen and oxygen atoms in total. The third-order valence-electron chi connectivity index (χ3n) is 4.61. The average Bonchev–Trinajstić information content (AvgIpc) is 2.76. The van der Waals surface area contributed by atoms with Crippen molar-refractivity contribution in [2.75, 3.05) is 13.7 Å². The Morgan fingerprint density at radius 1 is 1.06 bits per heavy atom. The van der Waals surface area contributed by atoms with Gasteiger partial charge in [0.25, 0.3) is 0 Å². The maximum Gasteiger partial charge on any atom is 0.407 e. The number of nitriles is 1. The van der Waals surface area contributed by atoms with Crippen LogP contribution in [0, 0.1) is 17.2 Å². The molecule has 2 aromatic rings. The van der Waals surface area contributed by atoms with E-state index in [1.165, 1.54) is 7.11 Å². The molecule has 0 fully saturated rings. The van der Waals surface area contributed by atoms with Gasteiger partial charge in [-0.1, -0.05) is 42.5 Å². The van der Waals surface area contributed by atoms with Crippen LogP contribution >= 0.6 is 0 Å². The van der Waals surface area contributed by atoms with E-state index < -0.39 is 29.6 Å². The number of esters is 1. The Hall–Kier alpha value is -3.37. The predicted octanol–water partition coefficient (Wildman–Crippen LogP) is 4.00. The van der Waals surface area contributed by atoms with Gasteiger partial charge in [-0.05, 0) is 50.5 Å². The van der Waals surface area contributed by atoms with Gasteiger partial charge >= 0.3 is 12.1 Å². The van der Waals surface area contributed by atoms with Gasteiger partial charge in [0.15, 0.2) is 0 Å². The molecule has 2 rings (SSSR count). The number of nitrogens with zero attached hydrogens (tertiary/aromatic N) is 1. The van der Waals surface area contributed by atoms with Crippen LogP contribution in [0.5, 0.6) is 0 Å². The summed E-state index contributed by atoms with van der Waals surface area (Å²) in [6.45, 7) is 5.69. The molecule has 2 aromatic carbocycles. The Bertz CT molecular complexity index is 931. The molecule has 2 atom stereocenters. The number of hydrogen-bond donors (Lipinski definition) is 1. The average molecular weight is 439 g/mol. The van der Waals surface area contributed by atoms with Crippen molar-refractivity contribution in [3.63, 3.8) is 0 Å². The number of hydrogen-bond acceptors (Lipinski definition) is 6. The minimum atomic E-state index is -0.739. The van der Waals surface area contributed by atoms with Crippen molar-refractivity contribution in [1.82, 2.24) is 5.32 Å². The summed E-state index contributed by atoms with van der Waals surface area (Å²) in [4.78, 5) is 25.2. The molecular weight excluding hydrogens is 408 g/mol. The lowest BCUT2D eigenvalue weighted by Gasteiger charge is -2.28. The maximum absolute atomic E-state index is 12.7. The largest absolute Gasteiger partial charge is 0.469 e. The Balaban J connectivity index is 2.22. The molecular formula is C25H30N2O5. The second kappa shape index (κ2) is 11.9. The highest BCUT2D eigenvalue weighted by molar-refractivity contribution is 5.75. The zero-order valence-corrected chi connectivity index (χ0v) is 19.0. The number of amides is 1. The van der Waals surface area contributed by atoms with Gasteiger partial charge in [-0.15, -0.1) is 0 Å². The molecule has 1 N–H and O–H groups in total. The molecule has 0 aliphatic carbocycles. The molecule has 7 heteroatoms. The van der Waals surface area contributed by atoms with Gasteiger partial charge in [-0.3, -0.25) is 4.79 Å². The van der Waals surface area contributed by atoms with Crippen molar-refractivity contribution in [3.8, 4) is 6.07 Å². The Kier molecular flexibility index (Phi) is 9.23. The van der Waals surface area contributed by atoms with Crippen molar-refractivity contribution >= 4 is 12.1 Å². The van der Waals surface area contributed by atoms with Crippen LogP contribution in [0.25, 0.3) is 0 Å². The van der Waals surface area contributed by atoms with Crippen molar-refractivity contribution < 1.29 is 23.8 Å².